The maximum atomic E-state index is 11.9. The van der Waals surface area contributed by atoms with Gasteiger partial charge in [-0.2, -0.15) is 0 Å². The van der Waals surface area contributed by atoms with Crippen LogP contribution in [0.3, 0.4) is 0 Å². The molecule has 0 aromatic carbocycles. The molecule has 0 amide bonds. The summed E-state index contributed by atoms with van der Waals surface area (Å²) in [6.45, 7) is 6.11. The third kappa shape index (κ3) is 28.3. The monoisotopic (exact) mass is 608 g/mol. The fraction of sp³-hybridized carbons (Fsp3) is 0.714. The molecule has 0 saturated carbocycles. The minimum absolute atomic E-state index is 0.0307. The average Bonchev–Trinajstić information content (AvgIpc) is 2.97. The number of allylic oxidation sites excluding steroid dienone is 6. The quantitative estimate of drug-likeness (QED) is 0.0487. The average molecular weight is 609 g/mol. The number of esters is 2. The molecule has 0 aliphatic rings. The summed E-state index contributed by atoms with van der Waals surface area (Å²) in [6, 6.07) is 0. The molecule has 0 saturated heterocycles. The van der Waals surface area contributed by atoms with Crippen molar-refractivity contribution >= 4 is 11.9 Å². The van der Waals surface area contributed by atoms with Crippen LogP contribution in [0.2, 0.25) is 0 Å². The van der Waals surface area contributed by atoms with Crippen LogP contribution in [0, 0.1) is 5.92 Å². The zero-order chi connectivity index (χ0) is 32.1. The van der Waals surface area contributed by atoms with Crippen molar-refractivity contribution in [3.8, 4) is 0 Å². The first-order valence-corrected chi connectivity index (χ1v) is 16.4. The number of aliphatic hydroxyl groups excluding tert-OH is 4. The number of hydrogen-bond acceptors (Lipinski definition) is 8. The standard InChI is InChI=1S/C35H60O8/c1-4-5-14-21-30(36)22-16-11-7-8-12-17-23-32(38)33(39)24-19-26-35(41)43-28-31(37)27-42-34(40)25-18-13-9-6-10-15-20-29(2)3/h7-8,11-12,16-17,22-23,29-33,36-39H,4-6,9-10,13-15,18-21,24-28H2,1-3H3/b11-7-,12-8+,22-16+,23-17+/t30-,31+,32-,33-/m1/s1. The van der Waals surface area contributed by atoms with Crippen molar-refractivity contribution in [2.24, 2.45) is 5.92 Å². The van der Waals surface area contributed by atoms with Gasteiger partial charge in [0.25, 0.3) is 0 Å². The van der Waals surface area contributed by atoms with E-state index >= 15 is 0 Å². The lowest BCUT2D eigenvalue weighted by Crippen LogP contribution is -2.26. The van der Waals surface area contributed by atoms with E-state index in [-0.39, 0.29) is 32.0 Å². The van der Waals surface area contributed by atoms with Gasteiger partial charge < -0.3 is 29.9 Å². The Balaban J connectivity index is 3.91. The van der Waals surface area contributed by atoms with Gasteiger partial charge in [0.05, 0.1) is 18.3 Å². The first-order valence-electron chi connectivity index (χ1n) is 16.4. The van der Waals surface area contributed by atoms with E-state index in [1.54, 1.807) is 36.5 Å². The second-order valence-electron chi connectivity index (χ2n) is 11.6. The number of unbranched alkanes of at least 4 members (excludes halogenated alkanes) is 7. The smallest absolute Gasteiger partial charge is 0.305 e. The fourth-order valence-corrected chi connectivity index (χ4v) is 4.18. The van der Waals surface area contributed by atoms with E-state index in [0.29, 0.717) is 12.8 Å². The van der Waals surface area contributed by atoms with Gasteiger partial charge in [-0.1, -0.05) is 127 Å². The van der Waals surface area contributed by atoms with Crippen LogP contribution in [0.5, 0.6) is 0 Å². The number of carbonyl (C=O) groups is 2. The molecule has 0 aromatic heterocycles. The molecule has 0 unspecified atom stereocenters. The van der Waals surface area contributed by atoms with Crippen molar-refractivity contribution in [1.29, 1.82) is 0 Å². The normalized spacial score (nSPS) is 15.2. The van der Waals surface area contributed by atoms with E-state index in [9.17, 15) is 30.0 Å². The number of carbonyl (C=O) groups excluding carboxylic acids is 2. The topological polar surface area (TPSA) is 134 Å². The molecule has 0 aliphatic heterocycles. The molecule has 0 bridgehead atoms. The lowest BCUT2D eigenvalue weighted by atomic mass is 10.0. The molecule has 0 radical (unpaired) electrons. The predicted octanol–water partition coefficient (Wildman–Crippen LogP) is 6.27. The first-order chi connectivity index (χ1) is 20.6. The molecule has 43 heavy (non-hydrogen) atoms. The van der Waals surface area contributed by atoms with Gasteiger partial charge in [0.2, 0.25) is 0 Å². The Labute approximate surface area is 260 Å². The maximum Gasteiger partial charge on any atom is 0.305 e. The van der Waals surface area contributed by atoms with Crippen LogP contribution in [0.1, 0.15) is 117 Å². The first kappa shape index (κ1) is 40.7. The zero-order valence-corrected chi connectivity index (χ0v) is 26.9. The molecule has 0 heterocycles. The van der Waals surface area contributed by atoms with E-state index in [0.717, 1.165) is 50.9 Å². The highest BCUT2D eigenvalue weighted by molar-refractivity contribution is 5.69. The highest BCUT2D eigenvalue weighted by atomic mass is 16.6. The van der Waals surface area contributed by atoms with Crippen LogP contribution in [0.15, 0.2) is 48.6 Å². The Hall–Kier alpha value is -2.26. The number of aliphatic hydroxyl groups is 4. The van der Waals surface area contributed by atoms with Crippen LogP contribution >= 0.6 is 0 Å². The van der Waals surface area contributed by atoms with Crippen LogP contribution in [0.4, 0.5) is 0 Å². The summed E-state index contributed by atoms with van der Waals surface area (Å²) in [5.41, 5.74) is 0. The largest absolute Gasteiger partial charge is 0.463 e. The lowest BCUT2D eigenvalue weighted by Gasteiger charge is -2.14. The van der Waals surface area contributed by atoms with Gasteiger partial charge in [0, 0.05) is 12.8 Å². The summed E-state index contributed by atoms with van der Waals surface area (Å²) in [6.07, 6.45) is 22.8. The Morgan fingerprint density at radius 3 is 1.72 bits per heavy atom. The second kappa shape index (κ2) is 28.5. The Morgan fingerprint density at radius 1 is 0.605 bits per heavy atom. The Bertz CT molecular complexity index is 802. The fourth-order valence-electron chi connectivity index (χ4n) is 4.18. The Kier molecular flexibility index (Phi) is 27.0. The van der Waals surface area contributed by atoms with Crippen molar-refractivity contribution in [2.75, 3.05) is 13.2 Å². The van der Waals surface area contributed by atoms with Gasteiger partial charge in [-0.3, -0.25) is 9.59 Å². The molecule has 4 atom stereocenters. The molecular formula is C35H60O8. The van der Waals surface area contributed by atoms with E-state index < -0.39 is 30.4 Å². The summed E-state index contributed by atoms with van der Waals surface area (Å²) < 4.78 is 10.1. The summed E-state index contributed by atoms with van der Waals surface area (Å²) in [5.74, 6) is -0.146. The van der Waals surface area contributed by atoms with Gasteiger partial charge in [-0.05, 0) is 31.6 Å². The van der Waals surface area contributed by atoms with Crippen molar-refractivity contribution in [3.05, 3.63) is 48.6 Å². The molecule has 0 aromatic rings. The minimum atomic E-state index is -1.09. The van der Waals surface area contributed by atoms with Crippen molar-refractivity contribution in [2.45, 2.75) is 141 Å². The van der Waals surface area contributed by atoms with Crippen LogP contribution < -0.4 is 0 Å². The molecule has 0 spiro atoms. The van der Waals surface area contributed by atoms with Gasteiger partial charge in [-0.25, -0.2) is 0 Å². The highest BCUT2D eigenvalue weighted by Crippen LogP contribution is 2.12. The Morgan fingerprint density at radius 2 is 1.12 bits per heavy atom. The number of ether oxygens (including phenoxy) is 2. The van der Waals surface area contributed by atoms with Crippen LogP contribution in [0.25, 0.3) is 0 Å². The van der Waals surface area contributed by atoms with Crippen molar-refractivity contribution < 1.29 is 39.5 Å². The third-order valence-electron chi connectivity index (χ3n) is 6.86. The van der Waals surface area contributed by atoms with Crippen LogP contribution in [-0.2, 0) is 19.1 Å². The van der Waals surface area contributed by atoms with Gasteiger partial charge >= 0.3 is 11.9 Å². The number of rotatable bonds is 27. The van der Waals surface area contributed by atoms with E-state index in [2.05, 4.69) is 20.8 Å². The second-order valence-corrected chi connectivity index (χ2v) is 11.6. The molecule has 8 nitrogen and oxygen atoms in total. The van der Waals surface area contributed by atoms with Gasteiger partial charge in [-0.15, -0.1) is 0 Å². The summed E-state index contributed by atoms with van der Waals surface area (Å²) >= 11 is 0. The third-order valence-corrected chi connectivity index (χ3v) is 6.86. The van der Waals surface area contributed by atoms with Crippen LogP contribution in [-0.4, -0.2) is 70.0 Å². The number of hydrogen-bond donors (Lipinski definition) is 4. The van der Waals surface area contributed by atoms with Crippen molar-refractivity contribution in [1.82, 2.24) is 0 Å². The molecule has 0 rings (SSSR count). The SMILES string of the molecule is CCCCC[C@@H](O)/C=C/C=C\C=C\C=C\[C@@H](O)[C@H](O)CCCC(=O)OC[C@@H](O)COC(=O)CCCCCCCCC(C)C. The van der Waals surface area contributed by atoms with E-state index in [1.165, 1.54) is 31.8 Å². The maximum absolute atomic E-state index is 11.9. The van der Waals surface area contributed by atoms with E-state index in [1.807, 2.05) is 6.08 Å². The minimum Gasteiger partial charge on any atom is -0.463 e. The van der Waals surface area contributed by atoms with Gasteiger partial charge in [0.15, 0.2) is 0 Å². The summed E-state index contributed by atoms with van der Waals surface area (Å²) in [4.78, 5) is 23.8. The molecular weight excluding hydrogens is 548 g/mol. The zero-order valence-electron chi connectivity index (χ0n) is 26.9. The molecule has 8 heteroatoms. The molecule has 248 valence electrons. The summed E-state index contributed by atoms with van der Waals surface area (Å²) in [7, 11) is 0. The van der Waals surface area contributed by atoms with E-state index in [4.69, 9.17) is 9.47 Å². The predicted molar refractivity (Wildman–Crippen MR) is 172 cm³/mol. The summed E-state index contributed by atoms with van der Waals surface area (Å²) in [5, 5.41) is 39.9. The molecule has 4 N–H and O–H groups in total. The molecule has 0 aliphatic carbocycles. The highest BCUT2D eigenvalue weighted by Gasteiger charge is 2.15. The van der Waals surface area contributed by atoms with Gasteiger partial charge in [0.1, 0.15) is 19.3 Å². The van der Waals surface area contributed by atoms with Crippen molar-refractivity contribution in [3.63, 3.8) is 0 Å². The lowest BCUT2D eigenvalue weighted by molar-refractivity contribution is -0.152. The molecule has 0 fully saturated rings.